The van der Waals surface area contributed by atoms with Crippen LogP contribution in [0.3, 0.4) is 0 Å². The van der Waals surface area contributed by atoms with Gasteiger partial charge in [0.2, 0.25) is 0 Å². The van der Waals surface area contributed by atoms with Crippen molar-refractivity contribution in [3.63, 3.8) is 0 Å². The maximum Gasteiger partial charge on any atom is 0.111 e. The van der Waals surface area contributed by atoms with Crippen molar-refractivity contribution in [1.29, 1.82) is 0 Å². The highest BCUT2D eigenvalue weighted by atomic mass is 35.5. The quantitative estimate of drug-likeness (QED) is 0.324. The summed E-state index contributed by atoms with van der Waals surface area (Å²) in [6, 6.07) is 0. The van der Waals surface area contributed by atoms with Crippen molar-refractivity contribution in [3.8, 4) is 0 Å². The number of aliphatic hydroxyl groups excluding tert-OH is 5. The molecule has 14 heavy (non-hydrogen) atoms. The zero-order valence-electron chi connectivity index (χ0n) is 8.49. The van der Waals surface area contributed by atoms with Gasteiger partial charge in [-0.25, -0.2) is 4.42 Å². The van der Waals surface area contributed by atoms with Gasteiger partial charge in [-0.3, -0.25) is 0 Å². The molecule has 0 aliphatic rings. The molecular formula is C7H16ClNO5. The second-order valence-electron chi connectivity index (χ2n) is 2.94. The third-order valence-corrected chi connectivity index (χ3v) is 1.85. The van der Waals surface area contributed by atoms with Crippen LogP contribution < -0.4 is 0 Å². The van der Waals surface area contributed by atoms with E-state index in [2.05, 4.69) is 0 Å². The van der Waals surface area contributed by atoms with Crippen LogP contribution in [0.15, 0.2) is 0 Å². The lowest BCUT2D eigenvalue weighted by Crippen LogP contribution is -2.48. The molecule has 0 aromatic carbocycles. The minimum absolute atomic E-state index is 0.235. The molecule has 0 radical (unpaired) electrons. The Bertz CT molecular complexity index is 177. The molecule has 5 N–H and O–H groups in total. The number of likely N-dealkylation sites (N-methyl/N-ethyl adjacent to an activating group) is 1. The third-order valence-electron chi connectivity index (χ3n) is 1.71. The Labute approximate surface area is 88.5 Å². The van der Waals surface area contributed by atoms with Gasteiger partial charge in [0.15, 0.2) is 0 Å². The van der Waals surface area contributed by atoms with Crippen LogP contribution >= 0.6 is 11.8 Å². The normalized spacial score (nSPS) is 21.5. The molecule has 0 saturated carbocycles. The molecule has 0 unspecified atom stereocenters. The summed E-state index contributed by atoms with van der Waals surface area (Å²) in [4.78, 5) is 0. The van der Waals surface area contributed by atoms with Crippen LogP contribution in [0.5, 0.6) is 0 Å². The Balaban J connectivity index is 4.12. The van der Waals surface area contributed by atoms with Crippen molar-refractivity contribution in [2.24, 2.45) is 0 Å². The number of rotatable bonds is 6. The Kier molecular flexibility index (Phi) is 5.64. The Morgan fingerprint density at radius 3 is 2.14 bits per heavy atom. The summed E-state index contributed by atoms with van der Waals surface area (Å²) < 4.78 is 7.72. The molecule has 0 rings (SSSR count). The zero-order valence-corrected chi connectivity index (χ0v) is 8.25. The number of hydrogen-bond donors (Lipinski definition) is 5. The summed E-state index contributed by atoms with van der Waals surface area (Å²) in [7, 11) is -0.288. The maximum atomic E-state index is 9.32. The molecule has 0 aliphatic heterocycles. The summed E-state index contributed by atoms with van der Waals surface area (Å²) >= 11 is 5.40. The van der Waals surface area contributed by atoms with Crippen LogP contribution in [0.25, 0.3) is 0 Å². The van der Waals surface area contributed by atoms with Crippen molar-refractivity contribution in [2.75, 3.05) is 20.2 Å². The van der Waals surface area contributed by atoms with E-state index in [0.717, 1.165) is 4.42 Å². The smallest absolute Gasteiger partial charge is 0.111 e. The third kappa shape index (κ3) is 4.52. The van der Waals surface area contributed by atoms with E-state index in [1.165, 1.54) is 0 Å². The Hall–Kier alpha value is 0.0500. The molecule has 0 heterocycles. The molecule has 7 heteroatoms. The van der Waals surface area contributed by atoms with E-state index < -0.39 is 31.0 Å². The fourth-order valence-electron chi connectivity index (χ4n) is 0.874. The molecule has 0 aromatic rings. The maximum absolute atomic E-state index is 9.32. The first-order valence-electron chi connectivity index (χ1n) is 4.67. The van der Waals surface area contributed by atoms with E-state index in [4.69, 9.17) is 23.4 Å². The molecule has 0 aromatic heterocycles. The predicted octanol–water partition coefficient (Wildman–Crippen LogP) is -2.49. The molecule has 0 amide bonds. The van der Waals surface area contributed by atoms with Crippen LogP contribution in [0.1, 0.15) is 1.37 Å². The molecule has 0 spiro atoms. The molecule has 0 saturated heterocycles. The average Bonchev–Trinajstić information content (AvgIpc) is 2.25. The van der Waals surface area contributed by atoms with Crippen LogP contribution in [-0.4, -0.2) is 74.5 Å². The zero-order chi connectivity index (χ0) is 12.0. The molecule has 0 bridgehead atoms. The summed E-state index contributed by atoms with van der Waals surface area (Å²) in [5.41, 5.74) is 0. The average molecular weight is 231 g/mol. The lowest BCUT2D eigenvalue weighted by Gasteiger charge is -2.26. The molecule has 0 aliphatic carbocycles. The molecule has 6 nitrogen and oxygen atoms in total. The standard InChI is InChI=1S/C7H16ClNO5/c1-9(8)2-4(11)6(13)7(14)5(12)3-10/h4-7,10-14H,2-3H2,1H3/t4-,5+,6+,7+/m0/s1/i1D. The Morgan fingerprint density at radius 1 is 1.21 bits per heavy atom. The number of nitrogens with zero attached hydrogens (tertiary/aromatic N) is 1. The van der Waals surface area contributed by atoms with Gasteiger partial charge < -0.3 is 25.5 Å². The first-order chi connectivity index (χ1) is 6.93. The second kappa shape index (κ2) is 6.52. The molecule has 0 fully saturated rings. The minimum Gasteiger partial charge on any atom is -0.394 e. The van der Waals surface area contributed by atoms with E-state index in [0.29, 0.717) is 0 Å². The van der Waals surface area contributed by atoms with E-state index >= 15 is 0 Å². The number of halogens is 1. The number of hydrogen-bond acceptors (Lipinski definition) is 6. The first-order valence-corrected chi connectivity index (χ1v) is 4.31. The van der Waals surface area contributed by atoms with Gasteiger partial charge in [-0.15, -0.1) is 0 Å². The lowest BCUT2D eigenvalue weighted by molar-refractivity contribution is -0.116. The SMILES string of the molecule is [2H]CN(Cl)C[C@H](O)[C@@H](O)[C@H](O)[C@H](O)CO. The Morgan fingerprint density at radius 2 is 1.71 bits per heavy atom. The lowest BCUT2D eigenvalue weighted by atomic mass is 10.0. The van der Waals surface area contributed by atoms with Gasteiger partial charge in [0.05, 0.1) is 12.7 Å². The highest BCUT2D eigenvalue weighted by Gasteiger charge is 2.30. The number of aliphatic hydroxyl groups is 5. The van der Waals surface area contributed by atoms with Crippen LogP contribution in [0, 0.1) is 0 Å². The van der Waals surface area contributed by atoms with Crippen molar-refractivity contribution >= 4 is 11.8 Å². The molecule has 4 atom stereocenters. The highest BCUT2D eigenvalue weighted by Crippen LogP contribution is 2.06. The second-order valence-corrected chi connectivity index (χ2v) is 3.42. The fraction of sp³-hybridized carbons (Fsp3) is 1.00. The van der Waals surface area contributed by atoms with Crippen LogP contribution in [-0.2, 0) is 0 Å². The summed E-state index contributed by atoms with van der Waals surface area (Å²) in [6.45, 7) is -0.963. The van der Waals surface area contributed by atoms with Crippen molar-refractivity contribution in [2.45, 2.75) is 24.4 Å². The van der Waals surface area contributed by atoms with Crippen LogP contribution in [0.2, 0.25) is 0 Å². The minimum atomic E-state index is -1.67. The summed E-state index contributed by atoms with van der Waals surface area (Å²) in [6.07, 6.45) is -6.25. The van der Waals surface area contributed by atoms with Crippen molar-refractivity contribution in [1.82, 2.24) is 4.42 Å². The van der Waals surface area contributed by atoms with Gasteiger partial charge >= 0.3 is 0 Å². The van der Waals surface area contributed by atoms with Gasteiger partial charge in [0.1, 0.15) is 18.3 Å². The van der Waals surface area contributed by atoms with Gasteiger partial charge in [-0.2, -0.15) is 0 Å². The van der Waals surface area contributed by atoms with E-state index in [-0.39, 0.29) is 13.6 Å². The van der Waals surface area contributed by atoms with Crippen molar-refractivity contribution < 1.29 is 26.9 Å². The van der Waals surface area contributed by atoms with Gasteiger partial charge in [-0.05, 0) is 11.8 Å². The summed E-state index contributed by atoms with van der Waals surface area (Å²) in [5, 5.41) is 45.3. The largest absolute Gasteiger partial charge is 0.394 e. The fourth-order valence-corrected chi connectivity index (χ4v) is 1.02. The van der Waals surface area contributed by atoms with Gasteiger partial charge in [-0.1, -0.05) is 0 Å². The van der Waals surface area contributed by atoms with E-state index in [1.54, 1.807) is 0 Å². The molecule has 86 valence electrons. The first kappa shape index (κ1) is 12.1. The molecular weight excluding hydrogens is 214 g/mol. The van der Waals surface area contributed by atoms with Gasteiger partial charge in [0, 0.05) is 14.9 Å². The topological polar surface area (TPSA) is 104 Å². The summed E-state index contributed by atoms with van der Waals surface area (Å²) in [5.74, 6) is 0. The monoisotopic (exact) mass is 230 g/mol. The highest BCUT2D eigenvalue weighted by molar-refractivity contribution is 6.13. The van der Waals surface area contributed by atoms with Crippen molar-refractivity contribution in [3.05, 3.63) is 0 Å². The van der Waals surface area contributed by atoms with E-state index in [1.807, 2.05) is 0 Å². The van der Waals surface area contributed by atoms with Crippen LogP contribution in [0.4, 0.5) is 0 Å². The predicted molar refractivity (Wildman–Crippen MR) is 49.6 cm³/mol. The van der Waals surface area contributed by atoms with E-state index in [9.17, 15) is 15.3 Å². The van der Waals surface area contributed by atoms with Gasteiger partial charge in [0.25, 0.3) is 0 Å².